The minimum Gasteiger partial charge on any atom is -0.380 e. The molecule has 0 aromatic heterocycles. The van der Waals surface area contributed by atoms with E-state index in [2.05, 4.69) is 0 Å². The fraction of sp³-hybridized carbons (Fsp3) is 0.458. The third-order valence-electron chi connectivity index (χ3n) is 6.86. The first-order valence-electron chi connectivity index (χ1n) is 11.6. The molecule has 1 heterocycles. The van der Waals surface area contributed by atoms with Gasteiger partial charge in [0, 0.05) is 31.0 Å². The van der Waals surface area contributed by atoms with Crippen molar-refractivity contribution in [2.24, 2.45) is 0 Å². The molecule has 2 aromatic rings. The Balaban J connectivity index is 1.70. The number of halogens is 5. The van der Waals surface area contributed by atoms with E-state index in [1.54, 1.807) is 17.7 Å². The average molecular weight is 564 g/mol. The standard InChI is InChI=1S/C24H26F5N3O5S/c1-13-7-15(9-16(25)8-13)17-4-2-3-14(20(17)26)10-19-18(31-38(30,37)24(27,28)29)5-6-32(19)21(33)22(34)11-23(35,36)12-22/h2-4,7-9,18-19,34-36H,5-6,10-12H2,1H3,(H2,30,31,37). The van der Waals surface area contributed by atoms with Crippen molar-refractivity contribution in [1.29, 1.82) is 4.78 Å². The molecule has 2 aliphatic rings. The molecular formula is C24H26F5N3O5S. The maximum Gasteiger partial charge on any atom is 0.492 e. The van der Waals surface area contributed by atoms with Gasteiger partial charge in [0.1, 0.15) is 11.6 Å². The van der Waals surface area contributed by atoms with Gasteiger partial charge in [-0.3, -0.25) is 4.79 Å². The molecule has 1 amide bonds. The number of hydrogen-bond donors (Lipinski definition) is 5. The van der Waals surface area contributed by atoms with Gasteiger partial charge < -0.3 is 20.2 Å². The minimum atomic E-state index is -5.42. The summed E-state index contributed by atoms with van der Waals surface area (Å²) < 4.78 is 90.3. The molecule has 2 fully saturated rings. The summed E-state index contributed by atoms with van der Waals surface area (Å²) in [5.74, 6) is -4.72. The maximum atomic E-state index is 15.6. The molecule has 2 aromatic carbocycles. The van der Waals surface area contributed by atoms with Crippen LogP contribution in [0.1, 0.15) is 30.4 Å². The fourth-order valence-electron chi connectivity index (χ4n) is 5.16. The summed E-state index contributed by atoms with van der Waals surface area (Å²) in [7, 11) is -5.34. The zero-order valence-corrected chi connectivity index (χ0v) is 20.9. The summed E-state index contributed by atoms with van der Waals surface area (Å²) in [5.41, 5.74) is -6.93. The normalized spacial score (nSPS) is 24.1. The molecule has 0 bridgehead atoms. The van der Waals surface area contributed by atoms with Crippen LogP contribution in [-0.4, -0.2) is 65.9 Å². The molecule has 14 heteroatoms. The Bertz CT molecular complexity index is 1340. The van der Waals surface area contributed by atoms with Crippen LogP contribution in [0.2, 0.25) is 0 Å². The van der Waals surface area contributed by atoms with Crippen LogP contribution in [0.4, 0.5) is 22.0 Å². The van der Waals surface area contributed by atoms with Gasteiger partial charge in [0.15, 0.2) is 11.4 Å². The quantitative estimate of drug-likeness (QED) is 0.272. The second-order valence-electron chi connectivity index (χ2n) is 9.95. The Kier molecular flexibility index (Phi) is 7.10. The number of carbonyl (C=O) groups is 1. The number of aryl methyl sites for hydroxylation is 1. The number of alkyl halides is 3. The molecule has 5 N–H and O–H groups in total. The van der Waals surface area contributed by atoms with Gasteiger partial charge in [-0.1, -0.05) is 24.3 Å². The van der Waals surface area contributed by atoms with Crippen molar-refractivity contribution in [3.05, 3.63) is 59.2 Å². The van der Waals surface area contributed by atoms with Crippen molar-refractivity contribution >= 4 is 15.8 Å². The number of amides is 1. The van der Waals surface area contributed by atoms with Crippen LogP contribution in [0.15, 0.2) is 36.4 Å². The van der Waals surface area contributed by atoms with E-state index < -0.39 is 75.7 Å². The first kappa shape index (κ1) is 28.4. The highest BCUT2D eigenvalue weighted by atomic mass is 32.2. The Morgan fingerprint density at radius 2 is 1.84 bits per heavy atom. The van der Waals surface area contributed by atoms with E-state index in [0.717, 1.165) is 11.0 Å². The molecule has 208 valence electrons. The summed E-state index contributed by atoms with van der Waals surface area (Å²) in [6.07, 6.45) is -2.07. The smallest absolute Gasteiger partial charge is 0.380 e. The Hall–Kier alpha value is -2.65. The van der Waals surface area contributed by atoms with E-state index in [4.69, 9.17) is 4.78 Å². The number of aliphatic hydroxyl groups is 3. The SMILES string of the molecule is Cc1cc(F)cc(-c2cccc(CC3C(NS(=N)(=O)C(F)(F)F)CCN3C(=O)C3(O)CC(O)(O)C3)c2F)c1. The lowest BCUT2D eigenvalue weighted by Crippen LogP contribution is -2.65. The zero-order valence-electron chi connectivity index (χ0n) is 20.1. The van der Waals surface area contributed by atoms with Crippen LogP contribution in [0.25, 0.3) is 11.1 Å². The molecule has 8 nitrogen and oxygen atoms in total. The molecular weight excluding hydrogens is 537 g/mol. The summed E-state index contributed by atoms with van der Waals surface area (Å²) >= 11 is 0. The van der Waals surface area contributed by atoms with E-state index in [0.29, 0.717) is 5.56 Å². The summed E-state index contributed by atoms with van der Waals surface area (Å²) in [4.78, 5) is 14.1. The Morgan fingerprint density at radius 1 is 1.18 bits per heavy atom. The van der Waals surface area contributed by atoms with Crippen LogP contribution < -0.4 is 4.72 Å². The van der Waals surface area contributed by atoms with Crippen molar-refractivity contribution in [3.8, 4) is 11.1 Å². The second kappa shape index (κ2) is 9.52. The first-order chi connectivity index (χ1) is 17.4. The number of likely N-dealkylation sites (tertiary alicyclic amines) is 1. The van der Waals surface area contributed by atoms with E-state index in [1.807, 2.05) is 0 Å². The zero-order chi connectivity index (χ0) is 28.3. The Labute approximate surface area is 215 Å². The van der Waals surface area contributed by atoms with Gasteiger partial charge >= 0.3 is 5.51 Å². The van der Waals surface area contributed by atoms with Gasteiger partial charge in [0.05, 0.1) is 6.04 Å². The predicted octanol–water partition coefficient (Wildman–Crippen LogP) is 2.73. The molecule has 3 unspecified atom stereocenters. The number of hydrogen-bond acceptors (Lipinski definition) is 6. The Morgan fingerprint density at radius 3 is 2.42 bits per heavy atom. The highest BCUT2D eigenvalue weighted by Crippen LogP contribution is 2.42. The number of nitrogens with zero attached hydrogens (tertiary/aromatic N) is 1. The van der Waals surface area contributed by atoms with E-state index in [-0.39, 0.29) is 29.7 Å². The summed E-state index contributed by atoms with van der Waals surface area (Å²) in [5, 5.41) is 29.8. The third-order valence-corrected chi connectivity index (χ3v) is 8.15. The maximum absolute atomic E-state index is 15.6. The molecule has 4 rings (SSSR count). The van der Waals surface area contributed by atoms with Crippen LogP contribution in [0.3, 0.4) is 0 Å². The van der Waals surface area contributed by atoms with Crippen LogP contribution in [-0.2, 0) is 21.1 Å². The van der Waals surface area contributed by atoms with Gasteiger partial charge in [-0.05, 0) is 48.6 Å². The number of rotatable bonds is 6. The van der Waals surface area contributed by atoms with E-state index >= 15 is 4.39 Å². The third kappa shape index (κ3) is 5.41. The predicted molar refractivity (Wildman–Crippen MR) is 126 cm³/mol. The topological polar surface area (TPSA) is 134 Å². The first-order valence-corrected chi connectivity index (χ1v) is 13.1. The van der Waals surface area contributed by atoms with E-state index in [1.165, 1.54) is 24.3 Å². The van der Waals surface area contributed by atoms with Gasteiger partial charge in [-0.25, -0.2) is 22.5 Å². The van der Waals surface area contributed by atoms with Crippen molar-refractivity contribution in [2.45, 2.75) is 61.6 Å². The van der Waals surface area contributed by atoms with Crippen LogP contribution in [0.5, 0.6) is 0 Å². The van der Waals surface area contributed by atoms with Crippen LogP contribution >= 0.6 is 0 Å². The second-order valence-corrected chi connectivity index (χ2v) is 11.8. The molecule has 1 saturated carbocycles. The summed E-state index contributed by atoms with van der Waals surface area (Å²) in [6.45, 7) is 1.38. The van der Waals surface area contributed by atoms with Crippen molar-refractivity contribution in [3.63, 3.8) is 0 Å². The van der Waals surface area contributed by atoms with Crippen molar-refractivity contribution in [1.82, 2.24) is 9.62 Å². The monoisotopic (exact) mass is 563 g/mol. The highest BCUT2D eigenvalue weighted by molar-refractivity contribution is 7.91. The molecule has 1 saturated heterocycles. The fourth-order valence-corrected chi connectivity index (χ4v) is 5.99. The molecule has 38 heavy (non-hydrogen) atoms. The molecule has 3 atom stereocenters. The summed E-state index contributed by atoms with van der Waals surface area (Å²) in [6, 6.07) is 5.42. The van der Waals surface area contributed by atoms with E-state index in [9.17, 15) is 41.9 Å². The lowest BCUT2D eigenvalue weighted by molar-refractivity contribution is -0.284. The molecule has 0 spiro atoms. The minimum absolute atomic E-state index is 0.00743. The number of benzene rings is 2. The molecule has 0 radical (unpaired) electrons. The van der Waals surface area contributed by atoms with Gasteiger partial charge in [-0.15, -0.1) is 0 Å². The average Bonchev–Trinajstić information content (AvgIpc) is 3.13. The number of nitrogens with one attached hydrogen (secondary N) is 2. The number of carbonyl (C=O) groups excluding carboxylic acids is 1. The largest absolute Gasteiger partial charge is 0.492 e. The lowest BCUT2D eigenvalue weighted by atomic mass is 9.73. The van der Waals surface area contributed by atoms with Gasteiger partial charge in [0.2, 0.25) is 9.92 Å². The molecule has 1 aliphatic carbocycles. The van der Waals surface area contributed by atoms with Crippen molar-refractivity contribution < 1.29 is 46.3 Å². The van der Waals surface area contributed by atoms with Crippen molar-refractivity contribution in [2.75, 3.05) is 6.54 Å². The highest BCUT2D eigenvalue weighted by Gasteiger charge is 2.60. The van der Waals surface area contributed by atoms with Gasteiger partial charge in [0.25, 0.3) is 5.91 Å². The molecule has 1 aliphatic heterocycles. The van der Waals surface area contributed by atoms with Gasteiger partial charge in [-0.2, -0.15) is 13.2 Å². The lowest BCUT2D eigenvalue weighted by Gasteiger charge is -2.47. The van der Waals surface area contributed by atoms with Crippen LogP contribution in [0, 0.1) is 23.3 Å².